The molecule has 2 amide bonds. The fourth-order valence-electron chi connectivity index (χ4n) is 2.46. The van der Waals surface area contributed by atoms with Gasteiger partial charge in [-0.3, -0.25) is 9.59 Å². The summed E-state index contributed by atoms with van der Waals surface area (Å²) >= 11 is 0. The smallest absolute Gasteiger partial charge is 0.243 e. The molecule has 1 saturated heterocycles. The average molecular weight is 276 g/mol. The zero-order chi connectivity index (χ0) is 14.6. The maximum absolute atomic E-state index is 12.3. The molecule has 20 heavy (non-hydrogen) atoms. The molecule has 1 fully saturated rings. The normalized spacial score (nSPS) is 21.1. The van der Waals surface area contributed by atoms with Gasteiger partial charge in [0, 0.05) is 13.5 Å². The van der Waals surface area contributed by atoms with Crippen molar-refractivity contribution >= 4 is 11.8 Å². The van der Waals surface area contributed by atoms with Gasteiger partial charge < -0.3 is 15.4 Å². The van der Waals surface area contributed by atoms with Crippen molar-refractivity contribution in [2.45, 2.75) is 31.3 Å². The predicted octanol–water partition coefficient (Wildman–Crippen LogP) is 0.943. The third-order valence-corrected chi connectivity index (χ3v) is 3.55. The maximum Gasteiger partial charge on any atom is 0.243 e. The predicted molar refractivity (Wildman–Crippen MR) is 75.0 cm³/mol. The Morgan fingerprint density at radius 2 is 2.15 bits per heavy atom. The van der Waals surface area contributed by atoms with Gasteiger partial charge in [0.25, 0.3) is 0 Å². The number of benzene rings is 1. The van der Waals surface area contributed by atoms with Gasteiger partial charge in [0.15, 0.2) is 0 Å². The SMILES string of the molecule is COC[C@](C)(NC(=O)[C@H]1CCC(=O)N1)c1ccccc1. The molecule has 5 heteroatoms. The van der Waals surface area contributed by atoms with E-state index < -0.39 is 11.6 Å². The van der Waals surface area contributed by atoms with Crippen LogP contribution in [0.4, 0.5) is 0 Å². The number of carbonyl (C=O) groups is 2. The van der Waals surface area contributed by atoms with E-state index >= 15 is 0 Å². The third-order valence-electron chi connectivity index (χ3n) is 3.55. The molecule has 0 radical (unpaired) electrons. The van der Waals surface area contributed by atoms with Crippen molar-refractivity contribution in [3.63, 3.8) is 0 Å². The molecule has 1 aliphatic rings. The molecule has 108 valence electrons. The van der Waals surface area contributed by atoms with Crippen LogP contribution in [-0.2, 0) is 19.9 Å². The van der Waals surface area contributed by atoms with Crippen molar-refractivity contribution in [3.05, 3.63) is 35.9 Å². The lowest BCUT2D eigenvalue weighted by atomic mass is 9.92. The van der Waals surface area contributed by atoms with E-state index in [0.29, 0.717) is 19.4 Å². The second-order valence-corrected chi connectivity index (χ2v) is 5.28. The fraction of sp³-hybridized carbons (Fsp3) is 0.467. The summed E-state index contributed by atoms with van der Waals surface area (Å²) in [7, 11) is 1.60. The summed E-state index contributed by atoms with van der Waals surface area (Å²) in [5, 5.41) is 5.67. The van der Waals surface area contributed by atoms with Gasteiger partial charge in [-0.15, -0.1) is 0 Å². The number of ether oxygens (including phenoxy) is 1. The van der Waals surface area contributed by atoms with Crippen molar-refractivity contribution in [2.24, 2.45) is 0 Å². The van der Waals surface area contributed by atoms with Gasteiger partial charge in [-0.05, 0) is 18.9 Å². The number of hydrogen-bond acceptors (Lipinski definition) is 3. The molecule has 0 saturated carbocycles. The monoisotopic (exact) mass is 276 g/mol. The van der Waals surface area contributed by atoms with Crippen molar-refractivity contribution in [1.82, 2.24) is 10.6 Å². The Kier molecular flexibility index (Phi) is 4.39. The van der Waals surface area contributed by atoms with E-state index in [1.54, 1.807) is 7.11 Å². The van der Waals surface area contributed by atoms with Crippen molar-refractivity contribution < 1.29 is 14.3 Å². The molecule has 0 aliphatic carbocycles. The van der Waals surface area contributed by atoms with Gasteiger partial charge in [0.2, 0.25) is 11.8 Å². The number of amides is 2. The second-order valence-electron chi connectivity index (χ2n) is 5.28. The zero-order valence-corrected chi connectivity index (χ0v) is 11.8. The maximum atomic E-state index is 12.3. The topological polar surface area (TPSA) is 67.4 Å². The summed E-state index contributed by atoms with van der Waals surface area (Å²) < 4.78 is 5.24. The van der Waals surface area contributed by atoms with Gasteiger partial charge in [0.05, 0.1) is 12.1 Å². The van der Waals surface area contributed by atoms with Crippen LogP contribution in [0.15, 0.2) is 30.3 Å². The molecule has 1 aliphatic heterocycles. The second kappa shape index (κ2) is 6.05. The lowest BCUT2D eigenvalue weighted by molar-refractivity contribution is -0.127. The van der Waals surface area contributed by atoms with Crippen LogP contribution < -0.4 is 10.6 Å². The summed E-state index contributed by atoms with van der Waals surface area (Å²) in [5.41, 5.74) is 0.361. The number of methoxy groups -OCH3 is 1. The van der Waals surface area contributed by atoms with Gasteiger partial charge in [-0.2, -0.15) is 0 Å². The lowest BCUT2D eigenvalue weighted by Gasteiger charge is -2.31. The molecular formula is C15H20N2O3. The van der Waals surface area contributed by atoms with Crippen molar-refractivity contribution in [2.75, 3.05) is 13.7 Å². The van der Waals surface area contributed by atoms with Crippen LogP contribution in [0, 0.1) is 0 Å². The largest absolute Gasteiger partial charge is 0.382 e. The molecule has 1 aromatic carbocycles. The summed E-state index contributed by atoms with van der Waals surface area (Å²) in [5.74, 6) is -0.238. The average Bonchev–Trinajstić information content (AvgIpc) is 2.87. The molecule has 1 heterocycles. The van der Waals surface area contributed by atoms with E-state index in [0.717, 1.165) is 5.56 Å². The van der Waals surface area contributed by atoms with Gasteiger partial charge in [0.1, 0.15) is 6.04 Å². The van der Waals surface area contributed by atoms with Gasteiger partial charge in [-0.1, -0.05) is 30.3 Å². The summed E-state index contributed by atoms with van der Waals surface area (Å²) in [4.78, 5) is 23.5. The number of hydrogen-bond donors (Lipinski definition) is 2. The van der Waals surface area contributed by atoms with Crippen LogP contribution in [-0.4, -0.2) is 31.6 Å². The zero-order valence-electron chi connectivity index (χ0n) is 11.8. The van der Waals surface area contributed by atoms with Crippen LogP contribution in [0.5, 0.6) is 0 Å². The molecular weight excluding hydrogens is 256 g/mol. The summed E-state index contributed by atoms with van der Waals surface area (Å²) in [6, 6.07) is 9.23. The first kappa shape index (κ1) is 14.5. The molecule has 0 bridgehead atoms. The van der Waals surface area contributed by atoms with Crippen molar-refractivity contribution in [1.29, 1.82) is 0 Å². The minimum Gasteiger partial charge on any atom is -0.382 e. The quantitative estimate of drug-likeness (QED) is 0.841. The molecule has 5 nitrogen and oxygen atoms in total. The van der Waals surface area contributed by atoms with E-state index in [1.807, 2.05) is 37.3 Å². The van der Waals surface area contributed by atoms with Crippen LogP contribution in [0.25, 0.3) is 0 Å². The minimum absolute atomic E-state index is 0.0710. The molecule has 0 unspecified atom stereocenters. The lowest BCUT2D eigenvalue weighted by Crippen LogP contribution is -2.52. The molecule has 2 N–H and O–H groups in total. The van der Waals surface area contributed by atoms with E-state index in [2.05, 4.69) is 10.6 Å². The first-order valence-electron chi connectivity index (χ1n) is 6.71. The number of rotatable bonds is 5. The van der Waals surface area contributed by atoms with E-state index in [4.69, 9.17) is 4.74 Å². The fourth-order valence-corrected chi connectivity index (χ4v) is 2.46. The molecule has 2 rings (SSSR count). The summed E-state index contributed by atoms with van der Waals surface area (Å²) in [6.45, 7) is 2.28. The van der Waals surface area contributed by atoms with E-state index in [1.165, 1.54) is 0 Å². The highest BCUT2D eigenvalue weighted by atomic mass is 16.5. The van der Waals surface area contributed by atoms with Crippen LogP contribution in [0.2, 0.25) is 0 Å². The Hall–Kier alpha value is -1.88. The van der Waals surface area contributed by atoms with Crippen molar-refractivity contribution in [3.8, 4) is 0 Å². The number of carbonyl (C=O) groups excluding carboxylic acids is 2. The van der Waals surface area contributed by atoms with E-state index in [9.17, 15) is 9.59 Å². The Morgan fingerprint density at radius 3 is 2.70 bits per heavy atom. The van der Waals surface area contributed by atoms with Crippen LogP contribution in [0.3, 0.4) is 0 Å². The van der Waals surface area contributed by atoms with E-state index in [-0.39, 0.29) is 11.8 Å². The molecule has 1 aromatic rings. The first-order valence-corrected chi connectivity index (χ1v) is 6.71. The van der Waals surface area contributed by atoms with Gasteiger partial charge in [-0.25, -0.2) is 0 Å². The molecule has 0 aromatic heterocycles. The minimum atomic E-state index is -0.611. The Bertz CT molecular complexity index is 489. The highest BCUT2D eigenvalue weighted by Crippen LogP contribution is 2.21. The Morgan fingerprint density at radius 1 is 1.45 bits per heavy atom. The highest BCUT2D eigenvalue weighted by Gasteiger charge is 2.34. The van der Waals surface area contributed by atoms with Crippen LogP contribution >= 0.6 is 0 Å². The highest BCUT2D eigenvalue weighted by molar-refractivity contribution is 5.91. The molecule has 0 spiro atoms. The Labute approximate surface area is 118 Å². The van der Waals surface area contributed by atoms with Crippen LogP contribution in [0.1, 0.15) is 25.3 Å². The standard InChI is InChI=1S/C15H20N2O3/c1-15(10-20-2,11-6-4-3-5-7-11)17-14(19)12-8-9-13(18)16-12/h3-7,12H,8-10H2,1-2H3,(H,16,18)(H,17,19)/t12-,15+/m1/s1. The Balaban J connectivity index is 2.13. The number of nitrogens with one attached hydrogen (secondary N) is 2. The molecule has 2 atom stereocenters. The first-order chi connectivity index (χ1) is 9.55. The summed E-state index contributed by atoms with van der Waals surface area (Å²) in [6.07, 6.45) is 0.951. The third kappa shape index (κ3) is 3.17. The van der Waals surface area contributed by atoms with Gasteiger partial charge >= 0.3 is 0 Å².